The maximum atomic E-state index is 13.0. The molecule has 0 radical (unpaired) electrons. The Morgan fingerprint density at radius 3 is 2.23 bits per heavy atom. The SMILES string of the molecule is CCOC(=O)C(NC(=O)c1ccccc1)c1cc2cccc3ccc4cccc1c4c32. The lowest BCUT2D eigenvalue weighted by Crippen LogP contribution is -2.35. The lowest BCUT2D eigenvalue weighted by molar-refractivity contribution is -0.145. The highest BCUT2D eigenvalue weighted by atomic mass is 16.5. The molecule has 0 aliphatic heterocycles. The van der Waals surface area contributed by atoms with Crippen molar-refractivity contribution in [3.05, 3.63) is 96.1 Å². The van der Waals surface area contributed by atoms with Gasteiger partial charge in [0.05, 0.1) is 6.61 Å². The molecule has 1 atom stereocenters. The Labute approximate surface area is 179 Å². The summed E-state index contributed by atoms with van der Waals surface area (Å²) in [6, 6.07) is 26.4. The predicted octanol–water partition coefficient (Wildman–Crippen LogP) is 5.62. The summed E-state index contributed by atoms with van der Waals surface area (Å²) in [7, 11) is 0. The van der Waals surface area contributed by atoms with Crippen molar-refractivity contribution in [3.8, 4) is 0 Å². The number of ether oxygens (including phenoxy) is 1. The summed E-state index contributed by atoms with van der Waals surface area (Å²) in [5.41, 5.74) is 1.23. The van der Waals surface area contributed by atoms with Gasteiger partial charge in [-0.25, -0.2) is 4.79 Å². The second-order valence-electron chi connectivity index (χ2n) is 7.54. The van der Waals surface area contributed by atoms with Gasteiger partial charge in [0.15, 0.2) is 6.04 Å². The molecule has 0 heterocycles. The molecule has 1 unspecified atom stereocenters. The van der Waals surface area contributed by atoms with Gasteiger partial charge in [0.2, 0.25) is 0 Å². The molecular formula is C27H21NO3. The van der Waals surface area contributed by atoms with E-state index in [1.54, 1.807) is 31.2 Å². The van der Waals surface area contributed by atoms with Crippen LogP contribution in [0, 0.1) is 0 Å². The third-order valence-corrected chi connectivity index (χ3v) is 5.68. The molecule has 0 aromatic heterocycles. The molecule has 31 heavy (non-hydrogen) atoms. The van der Waals surface area contributed by atoms with E-state index in [1.165, 1.54) is 0 Å². The summed E-state index contributed by atoms with van der Waals surface area (Å²) in [5.74, 6) is -0.787. The molecular weight excluding hydrogens is 386 g/mol. The largest absolute Gasteiger partial charge is 0.464 e. The van der Waals surface area contributed by atoms with Crippen LogP contribution < -0.4 is 5.32 Å². The van der Waals surface area contributed by atoms with Crippen LogP contribution in [-0.4, -0.2) is 18.5 Å². The summed E-state index contributed by atoms with van der Waals surface area (Å²) < 4.78 is 5.36. The van der Waals surface area contributed by atoms with Crippen LogP contribution in [0.4, 0.5) is 0 Å². The molecule has 5 aromatic carbocycles. The first-order chi connectivity index (χ1) is 15.2. The zero-order chi connectivity index (χ0) is 21.4. The van der Waals surface area contributed by atoms with Gasteiger partial charge in [-0.1, -0.05) is 66.7 Å². The number of carbonyl (C=O) groups is 2. The van der Waals surface area contributed by atoms with Crippen LogP contribution in [0.25, 0.3) is 32.3 Å². The average Bonchev–Trinajstić information content (AvgIpc) is 2.81. The Hall–Kier alpha value is -3.92. The van der Waals surface area contributed by atoms with E-state index in [9.17, 15) is 9.59 Å². The molecule has 5 aromatic rings. The first-order valence-electron chi connectivity index (χ1n) is 10.4. The topological polar surface area (TPSA) is 55.4 Å². The molecule has 4 heteroatoms. The third-order valence-electron chi connectivity index (χ3n) is 5.68. The van der Waals surface area contributed by atoms with Crippen molar-refractivity contribution in [2.45, 2.75) is 13.0 Å². The van der Waals surface area contributed by atoms with Gasteiger partial charge in [-0.15, -0.1) is 0 Å². The Bertz CT molecular complexity index is 1410. The zero-order valence-corrected chi connectivity index (χ0v) is 17.1. The molecule has 5 rings (SSSR count). The summed E-state index contributed by atoms with van der Waals surface area (Å²) >= 11 is 0. The molecule has 1 N–H and O–H groups in total. The summed E-state index contributed by atoms with van der Waals surface area (Å²) in [4.78, 5) is 25.9. The number of rotatable bonds is 5. The van der Waals surface area contributed by atoms with Crippen LogP contribution in [0.2, 0.25) is 0 Å². The number of carbonyl (C=O) groups excluding carboxylic acids is 2. The summed E-state index contributed by atoms with van der Waals surface area (Å²) in [6.45, 7) is 2.00. The van der Waals surface area contributed by atoms with Gasteiger partial charge in [0, 0.05) is 5.56 Å². The smallest absolute Gasteiger partial charge is 0.333 e. The molecule has 152 valence electrons. The van der Waals surface area contributed by atoms with Crippen LogP contribution in [0.5, 0.6) is 0 Å². The van der Waals surface area contributed by atoms with Crippen LogP contribution >= 0.6 is 0 Å². The van der Waals surface area contributed by atoms with Gasteiger partial charge in [-0.05, 0) is 63.0 Å². The van der Waals surface area contributed by atoms with Crippen LogP contribution in [0.1, 0.15) is 28.9 Å². The predicted molar refractivity (Wildman–Crippen MR) is 123 cm³/mol. The van der Waals surface area contributed by atoms with Gasteiger partial charge in [-0.3, -0.25) is 4.79 Å². The number of benzene rings is 5. The van der Waals surface area contributed by atoms with Crippen molar-refractivity contribution in [1.29, 1.82) is 0 Å². The molecule has 0 bridgehead atoms. The molecule has 0 spiro atoms. The fraction of sp³-hybridized carbons (Fsp3) is 0.111. The molecule has 0 aliphatic rings. The van der Waals surface area contributed by atoms with Gasteiger partial charge in [0.25, 0.3) is 5.91 Å². The molecule has 0 saturated heterocycles. The summed E-state index contributed by atoms with van der Waals surface area (Å²) in [5, 5.41) is 9.38. The van der Waals surface area contributed by atoms with E-state index in [2.05, 4.69) is 29.6 Å². The molecule has 0 aliphatic carbocycles. The standard InChI is InChI=1S/C27H21NO3/c1-2-31-27(30)25(28-26(29)19-8-4-3-5-9-19)22-16-20-12-6-10-17-14-15-18-11-7-13-21(22)24(18)23(17)20/h3-16,25H,2H2,1H3,(H,28,29). The van der Waals surface area contributed by atoms with Gasteiger partial charge in [0.1, 0.15) is 0 Å². The number of hydrogen-bond donors (Lipinski definition) is 1. The maximum absolute atomic E-state index is 13.0. The highest BCUT2D eigenvalue weighted by Crippen LogP contribution is 2.38. The van der Waals surface area contributed by atoms with Gasteiger partial charge >= 0.3 is 5.97 Å². The Kier molecular flexibility index (Phi) is 4.75. The summed E-state index contributed by atoms with van der Waals surface area (Å²) in [6.07, 6.45) is 0. The minimum absolute atomic E-state index is 0.236. The number of esters is 1. The fourth-order valence-electron chi connectivity index (χ4n) is 4.32. The Morgan fingerprint density at radius 1 is 0.806 bits per heavy atom. The third kappa shape index (κ3) is 3.26. The van der Waals surface area contributed by atoms with E-state index in [1.807, 2.05) is 36.4 Å². The van der Waals surface area contributed by atoms with E-state index >= 15 is 0 Å². The minimum Gasteiger partial charge on any atom is -0.464 e. The minimum atomic E-state index is -0.915. The average molecular weight is 407 g/mol. The second-order valence-corrected chi connectivity index (χ2v) is 7.54. The molecule has 0 saturated carbocycles. The lowest BCUT2D eigenvalue weighted by Gasteiger charge is -2.22. The van der Waals surface area contributed by atoms with Crippen molar-refractivity contribution in [2.24, 2.45) is 0 Å². The number of hydrogen-bond acceptors (Lipinski definition) is 3. The normalized spacial score (nSPS) is 12.3. The van der Waals surface area contributed by atoms with Crippen molar-refractivity contribution in [2.75, 3.05) is 6.61 Å². The molecule has 1 amide bonds. The zero-order valence-electron chi connectivity index (χ0n) is 17.1. The Balaban J connectivity index is 1.72. The number of amides is 1. The highest BCUT2D eigenvalue weighted by Gasteiger charge is 2.27. The van der Waals surface area contributed by atoms with E-state index in [0.717, 1.165) is 37.9 Å². The van der Waals surface area contributed by atoms with Crippen LogP contribution in [0.15, 0.2) is 84.9 Å². The first-order valence-corrected chi connectivity index (χ1v) is 10.4. The quantitative estimate of drug-likeness (QED) is 0.304. The van der Waals surface area contributed by atoms with Crippen molar-refractivity contribution in [3.63, 3.8) is 0 Å². The van der Waals surface area contributed by atoms with Crippen LogP contribution in [-0.2, 0) is 9.53 Å². The van der Waals surface area contributed by atoms with Crippen molar-refractivity contribution in [1.82, 2.24) is 5.32 Å². The van der Waals surface area contributed by atoms with E-state index in [4.69, 9.17) is 4.74 Å². The van der Waals surface area contributed by atoms with Crippen molar-refractivity contribution < 1.29 is 14.3 Å². The molecule has 0 fully saturated rings. The van der Waals surface area contributed by atoms with Gasteiger partial charge < -0.3 is 10.1 Å². The van der Waals surface area contributed by atoms with E-state index in [-0.39, 0.29) is 12.5 Å². The Morgan fingerprint density at radius 2 is 1.48 bits per heavy atom. The highest BCUT2D eigenvalue weighted by molar-refractivity contribution is 6.24. The molecule has 4 nitrogen and oxygen atoms in total. The maximum Gasteiger partial charge on any atom is 0.333 e. The number of nitrogens with one attached hydrogen (secondary N) is 1. The van der Waals surface area contributed by atoms with Gasteiger partial charge in [-0.2, -0.15) is 0 Å². The fourth-order valence-corrected chi connectivity index (χ4v) is 4.32. The van der Waals surface area contributed by atoms with Crippen molar-refractivity contribution >= 4 is 44.2 Å². The first kappa shape index (κ1) is 19.1. The second kappa shape index (κ2) is 7.73. The van der Waals surface area contributed by atoms with E-state index in [0.29, 0.717) is 5.56 Å². The monoisotopic (exact) mass is 407 g/mol. The van der Waals surface area contributed by atoms with Crippen LogP contribution in [0.3, 0.4) is 0 Å². The van der Waals surface area contributed by atoms with E-state index < -0.39 is 12.0 Å². The lowest BCUT2D eigenvalue weighted by atomic mass is 9.89.